The van der Waals surface area contributed by atoms with Crippen LogP contribution in [0.3, 0.4) is 0 Å². The van der Waals surface area contributed by atoms with Gasteiger partial charge in [0.15, 0.2) is 0 Å². The molecule has 6 N–H and O–H groups in total. The van der Waals surface area contributed by atoms with E-state index >= 15 is 0 Å². The lowest BCUT2D eigenvalue weighted by Crippen LogP contribution is -2.57. The Morgan fingerprint density at radius 2 is 1.19 bits per heavy atom. The highest BCUT2D eigenvalue weighted by Crippen LogP contribution is 2.21. The largest absolute Gasteiger partial charge is 0.480 e. The highest BCUT2D eigenvalue weighted by Gasteiger charge is 2.31. The normalized spacial score (nSPS) is 19.8. The van der Waals surface area contributed by atoms with Gasteiger partial charge >= 0.3 is 5.97 Å². The molecule has 298 valence electrons. The molecule has 0 saturated carbocycles. The third-order valence-corrected chi connectivity index (χ3v) is 10.7. The quantitative estimate of drug-likeness (QED) is 0.116. The SMILES string of the molecule is O=C1CCC(=O)N[C@H](Cc2cccs2)C(=O)N[C@@H](Cc2ccc(-c3ccccc3)cc2)C(=O)N[C@H](CCc2ccccc2)C(=O)Nc2ccc(cc2)C[C@@H](C(=O)O)N1. The van der Waals surface area contributed by atoms with Gasteiger partial charge in [0, 0.05) is 42.7 Å². The Labute approximate surface area is 340 Å². The van der Waals surface area contributed by atoms with Crippen molar-refractivity contribution in [1.29, 1.82) is 0 Å². The monoisotopic (exact) mass is 799 g/mol. The van der Waals surface area contributed by atoms with Crippen LogP contribution >= 0.6 is 11.3 Å². The van der Waals surface area contributed by atoms with E-state index in [0.717, 1.165) is 27.1 Å². The van der Waals surface area contributed by atoms with Gasteiger partial charge in [-0.2, -0.15) is 0 Å². The van der Waals surface area contributed by atoms with Crippen molar-refractivity contribution in [3.05, 3.63) is 148 Å². The Kier molecular flexibility index (Phi) is 14.2. The fourth-order valence-corrected chi connectivity index (χ4v) is 7.42. The number of hydrogen-bond donors (Lipinski definition) is 6. The Morgan fingerprint density at radius 3 is 1.83 bits per heavy atom. The van der Waals surface area contributed by atoms with Crippen LogP contribution in [0.4, 0.5) is 5.69 Å². The number of rotatable bonds is 9. The van der Waals surface area contributed by atoms with Crippen LogP contribution in [0.2, 0.25) is 0 Å². The van der Waals surface area contributed by atoms with Gasteiger partial charge in [0.1, 0.15) is 24.2 Å². The zero-order valence-electron chi connectivity index (χ0n) is 31.7. The topological polar surface area (TPSA) is 183 Å². The molecule has 2 bridgehead atoms. The molecule has 0 saturated heterocycles. The molecule has 1 aromatic heterocycles. The highest BCUT2D eigenvalue weighted by atomic mass is 32.1. The van der Waals surface area contributed by atoms with Gasteiger partial charge in [-0.1, -0.05) is 103 Å². The van der Waals surface area contributed by atoms with Crippen molar-refractivity contribution >= 4 is 52.5 Å². The van der Waals surface area contributed by atoms with Gasteiger partial charge in [0.25, 0.3) is 0 Å². The number of carbonyl (C=O) groups excluding carboxylic acids is 5. The molecular formula is C45H45N5O7S. The Morgan fingerprint density at radius 1 is 0.586 bits per heavy atom. The van der Waals surface area contributed by atoms with Crippen LogP contribution in [0, 0.1) is 0 Å². The number of amides is 5. The second-order valence-electron chi connectivity index (χ2n) is 14.2. The van der Waals surface area contributed by atoms with E-state index in [1.807, 2.05) is 102 Å². The van der Waals surface area contributed by atoms with Crippen molar-refractivity contribution in [2.45, 2.75) is 69.1 Å². The van der Waals surface area contributed by atoms with Crippen molar-refractivity contribution in [3.8, 4) is 11.1 Å². The minimum atomic E-state index is -1.27. The molecule has 0 unspecified atom stereocenters. The molecule has 0 fully saturated rings. The summed E-state index contributed by atoms with van der Waals surface area (Å²) in [6.45, 7) is 0. The molecule has 2 aliphatic heterocycles. The van der Waals surface area contributed by atoms with E-state index in [1.165, 1.54) is 11.3 Å². The van der Waals surface area contributed by atoms with Crippen LogP contribution < -0.4 is 26.6 Å². The third kappa shape index (κ3) is 12.0. The van der Waals surface area contributed by atoms with Gasteiger partial charge in [-0.25, -0.2) is 4.79 Å². The number of fused-ring (bicyclic) bond motifs is 18. The molecule has 0 spiro atoms. The Bertz CT molecular complexity index is 2180. The fraction of sp³-hybridized carbons (Fsp3) is 0.244. The maximum Gasteiger partial charge on any atom is 0.326 e. The van der Waals surface area contributed by atoms with E-state index < -0.39 is 59.7 Å². The molecule has 13 heteroatoms. The molecule has 5 amide bonds. The molecule has 0 radical (unpaired) electrons. The summed E-state index contributed by atoms with van der Waals surface area (Å²) in [5.41, 5.74) is 4.71. The first-order valence-electron chi connectivity index (χ1n) is 19.1. The summed E-state index contributed by atoms with van der Waals surface area (Å²) in [6, 6.07) is 32.6. The van der Waals surface area contributed by atoms with Crippen LogP contribution in [-0.4, -0.2) is 64.8 Å². The molecule has 5 aromatic rings. The number of carboxylic acid groups (broad SMARTS) is 1. The number of carboxylic acids is 1. The van der Waals surface area contributed by atoms with Gasteiger partial charge in [0.2, 0.25) is 29.5 Å². The van der Waals surface area contributed by atoms with Gasteiger partial charge in [-0.3, -0.25) is 24.0 Å². The highest BCUT2D eigenvalue weighted by molar-refractivity contribution is 7.09. The minimum absolute atomic E-state index is 0.0450. The Balaban J connectivity index is 1.32. The van der Waals surface area contributed by atoms with Gasteiger partial charge in [0.05, 0.1) is 0 Å². The van der Waals surface area contributed by atoms with E-state index in [2.05, 4.69) is 26.6 Å². The average Bonchev–Trinajstić information content (AvgIpc) is 3.75. The summed E-state index contributed by atoms with van der Waals surface area (Å²) in [5, 5.41) is 25.6. The number of aliphatic carboxylic acids is 1. The Hall–Kier alpha value is -6.60. The van der Waals surface area contributed by atoms with Crippen molar-refractivity contribution < 1.29 is 33.9 Å². The molecule has 2 aliphatic rings. The first-order valence-corrected chi connectivity index (χ1v) is 20.0. The summed E-state index contributed by atoms with van der Waals surface area (Å²) in [4.78, 5) is 81.5. The first-order chi connectivity index (χ1) is 28.1. The van der Waals surface area contributed by atoms with E-state index in [9.17, 15) is 33.9 Å². The van der Waals surface area contributed by atoms with E-state index in [0.29, 0.717) is 17.7 Å². The van der Waals surface area contributed by atoms with Gasteiger partial charge in [-0.15, -0.1) is 11.3 Å². The van der Waals surface area contributed by atoms with Crippen LogP contribution in [0.5, 0.6) is 0 Å². The molecule has 0 aliphatic carbocycles. The predicted molar refractivity (Wildman–Crippen MR) is 222 cm³/mol. The lowest BCUT2D eigenvalue weighted by molar-refractivity contribution is -0.141. The number of anilines is 1. The second-order valence-corrected chi connectivity index (χ2v) is 15.2. The van der Waals surface area contributed by atoms with E-state index in [4.69, 9.17) is 0 Å². The molecule has 12 nitrogen and oxygen atoms in total. The maximum absolute atomic E-state index is 14.4. The van der Waals surface area contributed by atoms with Crippen molar-refractivity contribution in [2.24, 2.45) is 0 Å². The number of carbonyl (C=O) groups is 6. The molecule has 4 aromatic carbocycles. The predicted octanol–water partition coefficient (Wildman–Crippen LogP) is 4.83. The zero-order valence-corrected chi connectivity index (χ0v) is 32.5. The van der Waals surface area contributed by atoms with Gasteiger partial charge < -0.3 is 31.7 Å². The lowest BCUT2D eigenvalue weighted by atomic mass is 9.99. The summed E-state index contributed by atoms with van der Waals surface area (Å²) in [6.07, 6.45) is 0.221. The summed E-state index contributed by atoms with van der Waals surface area (Å²) < 4.78 is 0. The van der Waals surface area contributed by atoms with Crippen LogP contribution in [0.1, 0.15) is 40.8 Å². The van der Waals surface area contributed by atoms with E-state index in [-0.39, 0.29) is 38.5 Å². The van der Waals surface area contributed by atoms with Crippen LogP contribution in [0.25, 0.3) is 11.1 Å². The standard InChI is InChI=1S/C45H45N5O7S/c51-40-23-24-41(52)48-39(45(56)57)27-31-15-20-34(21-16-31)46-42(53)36(22-17-29-8-3-1-4-9-29)49-43(54)37(50-44(55)38(47-40)28-35-12-7-25-58-35)26-30-13-18-33(19-14-30)32-10-5-2-6-11-32/h1-16,18-21,25,36-39H,17,22-24,26-28H2,(H,46,53)(H,47,51)(H,48,52)(H,49,54)(H,50,55)(H,56,57)/t36-,37+,38-,39+/m1/s1. The number of nitrogens with one attached hydrogen (secondary N) is 5. The maximum atomic E-state index is 14.4. The zero-order chi connectivity index (χ0) is 40.9. The van der Waals surface area contributed by atoms with Crippen LogP contribution in [-0.2, 0) is 54.5 Å². The van der Waals surface area contributed by atoms with E-state index in [1.54, 1.807) is 24.3 Å². The van der Waals surface area contributed by atoms with Crippen LogP contribution in [0.15, 0.2) is 127 Å². The number of aryl methyl sites for hydroxylation is 1. The third-order valence-electron chi connectivity index (χ3n) is 9.84. The molecule has 58 heavy (non-hydrogen) atoms. The minimum Gasteiger partial charge on any atom is -0.480 e. The number of benzene rings is 4. The van der Waals surface area contributed by atoms with Crippen molar-refractivity contribution in [2.75, 3.05) is 5.32 Å². The summed E-state index contributed by atoms with van der Waals surface area (Å²) >= 11 is 1.40. The molecule has 4 atom stereocenters. The molecular weight excluding hydrogens is 755 g/mol. The molecule has 3 heterocycles. The first kappa shape index (κ1) is 41.0. The van der Waals surface area contributed by atoms with Gasteiger partial charge in [-0.05, 0) is 64.2 Å². The van der Waals surface area contributed by atoms with Crippen molar-refractivity contribution in [3.63, 3.8) is 0 Å². The number of thiophene rings is 1. The smallest absolute Gasteiger partial charge is 0.326 e. The number of hydrogen-bond acceptors (Lipinski definition) is 7. The lowest BCUT2D eigenvalue weighted by Gasteiger charge is -2.26. The second kappa shape index (κ2) is 20.0. The average molecular weight is 800 g/mol. The fourth-order valence-electron chi connectivity index (χ4n) is 6.67. The summed E-state index contributed by atoms with van der Waals surface area (Å²) in [7, 11) is 0. The molecule has 7 rings (SSSR count). The summed E-state index contributed by atoms with van der Waals surface area (Å²) in [5.74, 6) is -4.20. The van der Waals surface area contributed by atoms with Crippen molar-refractivity contribution in [1.82, 2.24) is 21.3 Å².